The van der Waals surface area contributed by atoms with Crippen molar-refractivity contribution in [3.05, 3.63) is 50.4 Å². The van der Waals surface area contributed by atoms with Crippen LogP contribution in [-0.2, 0) is 12.8 Å². The molecule has 0 radical (unpaired) electrons. The van der Waals surface area contributed by atoms with Crippen LogP contribution in [0.1, 0.15) is 29.1 Å². The van der Waals surface area contributed by atoms with Gasteiger partial charge < -0.3 is 5.73 Å². The first-order chi connectivity index (χ1) is 8.19. The van der Waals surface area contributed by atoms with Crippen molar-refractivity contribution in [1.82, 2.24) is 4.98 Å². The monoisotopic (exact) mass is 310 g/mol. The number of hydrogen-bond acceptors (Lipinski definition) is 3. The number of aryl methyl sites for hydroxylation is 1. The zero-order chi connectivity index (χ0) is 12.3. The molecule has 0 bridgehead atoms. The highest BCUT2D eigenvalue weighted by atomic mass is 79.9. The summed E-state index contributed by atoms with van der Waals surface area (Å²) in [6.45, 7) is 2.13. The second-order valence-electron chi connectivity index (χ2n) is 3.96. The topological polar surface area (TPSA) is 38.9 Å². The quantitative estimate of drug-likeness (QED) is 0.935. The molecule has 1 atom stereocenters. The van der Waals surface area contributed by atoms with Gasteiger partial charge in [-0.25, -0.2) is 0 Å². The summed E-state index contributed by atoms with van der Waals surface area (Å²) in [6, 6.07) is 8.33. The molecule has 0 aliphatic carbocycles. The average molecular weight is 311 g/mol. The van der Waals surface area contributed by atoms with Crippen LogP contribution in [0.25, 0.3) is 0 Å². The Morgan fingerprint density at radius 2 is 2.18 bits per heavy atom. The van der Waals surface area contributed by atoms with E-state index in [0.29, 0.717) is 0 Å². The lowest BCUT2D eigenvalue weighted by Gasteiger charge is -2.09. The number of nitrogens with two attached hydrogens (primary N) is 1. The molecular weight excluding hydrogens is 296 g/mol. The standard InChI is InChI=1S/C13H15BrN2S/c1-2-9-3-4-10(16-8-9)7-11(15)12-5-6-13(14)17-12/h3-6,8,11H,2,7,15H2,1H3. The first-order valence-electron chi connectivity index (χ1n) is 5.63. The van der Waals surface area contributed by atoms with Gasteiger partial charge in [0.1, 0.15) is 0 Å². The van der Waals surface area contributed by atoms with Crippen LogP contribution in [0.4, 0.5) is 0 Å². The van der Waals surface area contributed by atoms with E-state index in [1.165, 1.54) is 10.4 Å². The Bertz CT molecular complexity index is 478. The van der Waals surface area contributed by atoms with Crippen molar-refractivity contribution in [2.45, 2.75) is 25.8 Å². The van der Waals surface area contributed by atoms with Crippen molar-refractivity contribution in [2.75, 3.05) is 0 Å². The molecule has 90 valence electrons. The maximum absolute atomic E-state index is 6.16. The van der Waals surface area contributed by atoms with E-state index in [0.717, 1.165) is 22.3 Å². The fourth-order valence-electron chi connectivity index (χ4n) is 1.64. The molecule has 0 fully saturated rings. The molecule has 2 heterocycles. The minimum absolute atomic E-state index is 0.0336. The van der Waals surface area contributed by atoms with Gasteiger partial charge in [0.05, 0.1) is 3.79 Å². The van der Waals surface area contributed by atoms with E-state index in [-0.39, 0.29) is 6.04 Å². The third kappa shape index (κ3) is 3.37. The first-order valence-corrected chi connectivity index (χ1v) is 7.24. The van der Waals surface area contributed by atoms with Crippen LogP contribution in [0, 0.1) is 0 Å². The van der Waals surface area contributed by atoms with E-state index < -0.39 is 0 Å². The van der Waals surface area contributed by atoms with Crippen LogP contribution in [0.5, 0.6) is 0 Å². The van der Waals surface area contributed by atoms with Crippen LogP contribution in [-0.4, -0.2) is 4.98 Å². The summed E-state index contributed by atoms with van der Waals surface area (Å²) < 4.78 is 1.12. The smallest absolute Gasteiger partial charge is 0.0701 e. The van der Waals surface area contributed by atoms with E-state index in [4.69, 9.17) is 5.73 Å². The Labute approximate surface area is 114 Å². The van der Waals surface area contributed by atoms with Crippen LogP contribution >= 0.6 is 27.3 Å². The highest BCUT2D eigenvalue weighted by Crippen LogP contribution is 2.27. The number of hydrogen-bond donors (Lipinski definition) is 1. The summed E-state index contributed by atoms with van der Waals surface area (Å²) in [6.07, 6.45) is 3.75. The van der Waals surface area contributed by atoms with Gasteiger partial charge in [0, 0.05) is 29.2 Å². The lowest BCUT2D eigenvalue weighted by Crippen LogP contribution is -2.12. The van der Waals surface area contributed by atoms with E-state index in [2.05, 4.69) is 46.0 Å². The van der Waals surface area contributed by atoms with Crippen molar-refractivity contribution in [2.24, 2.45) is 5.73 Å². The van der Waals surface area contributed by atoms with Crippen LogP contribution in [0.2, 0.25) is 0 Å². The lowest BCUT2D eigenvalue weighted by molar-refractivity contribution is 0.719. The van der Waals surface area contributed by atoms with Gasteiger partial charge in [-0.05, 0) is 46.1 Å². The van der Waals surface area contributed by atoms with E-state index in [1.807, 2.05) is 12.3 Å². The number of halogens is 1. The van der Waals surface area contributed by atoms with Crippen LogP contribution in [0.3, 0.4) is 0 Å². The van der Waals surface area contributed by atoms with Gasteiger partial charge in [-0.3, -0.25) is 4.98 Å². The SMILES string of the molecule is CCc1ccc(CC(N)c2ccc(Br)s2)nc1. The fourth-order valence-corrected chi connectivity index (χ4v) is 3.06. The van der Waals surface area contributed by atoms with Crippen molar-refractivity contribution in [3.8, 4) is 0 Å². The van der Waals surface area contributed by atoms with Crippen molar-refractivity contribution < 1.29 is 0 Å². The Morgan fingerprint density at radius 3 is 2.71 bits per heavy atom. The van der Waals surface area contributed by atoms with Crippen LogP contribution < -0.4 is 5.73 Å². The molecule has 2 rings (SSSR count). The molecule has 0 saturated carbocycles. The number of thiophene rings is 1. The first kappa shape index (κ1) is 12.7. The van der Waals surface area contributed by atoms with Gasteiger partial charge in [0.2, 0.25) is 0 Å². The number of aromatic nitrogens is 1. The summed E-state index contributed by atoms with van der Waals surface area (Å²) in [4.78, 5) is 5.63. The summed E-state index contributed by atoms with van der Waals surface area (Å²) in [5.74, 6) is 0. The highest BCUT2D eigenvalue weighted by Gasteiger charge is 2.10. The zero-order valence-corrected chi connectivity index (χ0v) is 12.1. The van der Waals surface area contributed by atoms with Gasteiger partial charge in [-0.1, -0.05) is 13.0 Å². The molecule has 0 aromatic carbocycles. The third-order valence-corrected chi connectivity index (χ3v) is 4.44. The van der Waals surface area contributed by atoms with E-state index >= 15 is 0 Å². The molecule has 1 unspecified atom stereocenters. The fraction of sp³-hybridized carbons (Fsp3) is 0.308. The maximum atomic E-state index is 6.16. The number of rotatable bonds is 4. The molecule has 2 aromatic heterocycles. The molecule has 4 heteroatoms. The lowest BCUT2D eigenvalue weighted by atomic mass is 10.1. The van der Waals surface area contributed by atoms with Crippen LogP contribution in [0.15, 0.2) is 34.2 Å². The molecule has 0 saturated heterocycles. The summed E-state index contributed by atoms with van der Waals surface area (Å²) >= 11 is 5.14. The van der Waals surface area contributed by atoms with Crippen molar-refractivity contribution in [1.29, 1.82) is 0 Å². The Hall–Kier alpha value is -0.710. The minimum atomic E-state index is 0.0336. The van der Waals surface area contributed by atoms with Gasteiger partial charge >= 0.3 is 0 Å². The van der Waals surface area contributed by atoms with E-state index in [9.17, 15) is 0 Å². The van der Waals surface area contributed by atoms with Crippen molar-refractivity contribution >= 4 is 27.3 Å². The van der Waals surface area contributed by atoms with Gasteiger partial charge in [-0.2, -0.15) is 0 Å². The third-order valence-electron chi connectivity index (χ3n) is 2.68. The molecule has 0 amide bonds. The van der Waals surface area contributed by atoms with Crippen molar-refractivity contribution in [3.63, 3.8) is 0 Å². The minimum Gasteiger partial charge on any atom is -0.323 e. The molecule has 2 aromatic rings. The normalized spacial score (nSPS) is 12.6. The molecular formula is C13H15BrN2S. The summed E-state index contributed by atoms with van der Waals surface area (Å²) in [7, 11) is 0. The Kier molecular flexibility index (Phi) is 4.31. The summed E-state index contributed by atoms with van der Waals surface area (Å²) in [5.41, 5.74) is 8.48. The molecule has 0 spiro atoms. The predicted octanol–water partition coefficient (Wildman–Crippen LogP) is 3.71. The largest absolute Gasteiger partial charge is 0.323 e. The Balaban J connectivity index is 2.04. The second-order valence-corrected chi connectivity index (χ2v) is 6.46. The van der Waals surface area contributed by atoms with Gasteiger partial charge in [-0.15, -0.1) is 11.3 Å². The number of pyridine rings is 1. The average Bonchev–Trinajstić information content (AvgIpc) is 2.77. The molecule has 0 aliphatic heterocycles. The molecule has 2 nitrogen and oxygen atoms in total. The van der Waals surface area contributed by atoms with Gasteiger partial charge in [0.15, 0.2) is 0 Å². The zero-order valence-electron chi connectivity index (χ0n) is 9.69. The molecule has 0 aliphatic rings. The van der Waals surface area contributed by atoms with Gasteiger partial charge in [0.25, 0.3) is 0 Å². The molecule has 2 N–H and O–H groups in total. The highest BCUT2D eigenvalue weighted by molar-refractivity contribution is 9.11. The van der Waals surface area contributed by atoms with E-state index in [1.54, 1.807) is 11.3 Å². The molecule has 17 heavy (non-hydrogen) atoms. The summed E-state index contributed by atoms with van der Waals surface area (Å²) in [5, 5.41) is 0. The Morgan fingerprint density at radius 1 is 1.35 bits per heavy atom. The second kappa shape index (κ2) is 5.76. The predicted molar refractivity (Wildman–Crippen MR) is 76.3 cm³/mol. The maximum Gasteiger partial charge on any atom is 0.0701 e. The number of nitrogens with zero attached hydrogens (tertiary/aromatic N) is 1.